The van der Waals surface area contributed by atoms with Crippen LogP contribution in [0, 0.1) is 0 Å². The van der Waals surface area contributed by atoms with Crippen LogP contribution in [-0.2, 0) is 6.54 Å². The average molecular weight is 483 g/mol. The number of aromatic nitrogens is 2. The molecule has 2 aromatic heterocycles. The van der Waals surface area contributed by atoms with E-state index in [0.29, 0.717) is 10.4 Å². The fourth-order valence-electron chi connectivity index (χ4n) is 3.14. The van der Waals surface area contributed by atoms with Gasteiger partial charge in [0, 0.05) is 16.6 Å². The van der Waals surface area contributed by atoms with E-state index in [2.05, 4.69) is 44.3 Å². The number of thiophene rings is 1. The first-order valence-corrected chi connectivity index (χ1v) is 11.1. The molecule has 30 heavy (non-hydrogen) atoms. The molecule has 2 amide bonds. The van der Waals surface area contributed by atoms with E-state index in [0.717, 1.165) is 39.2 Å². The Morgan fingerprint density at radius 3 is 2.50 bits per heavy atom. The second kappa shape index (κ2) is 8.81. The van der Waals surface area contributed by atoms with Crippen molar-refractivity contribution in [3.05, 3.63) is 75.6 Å². The van der Waals surface area contributed by atoms with Crippen LogP contribution in [-0.4, -0.2) is 21.4 Å². The Kier molecular flexibility index (Phi) is 5.96. The molecule has 2 heterocycles. The number of imidazole rings is 1. The third-order valence-electron chi connectivity index (χ3n) is 4.55. The molecule has 0 aliphatic rings. The maximum absolute atomic E-state index is 12.5. The molecule has 0 spiro atoms. The summed E-state index contributed by atoms with van der Waals surface area (Å²) in [5, 5.41) is 0. The van der Waals surface area contributed by atoms with Gasteiger partial charge >= 0.3 is 0 Å². The van der Waals surface area contributed by atoms with E-state index < -0.39 is 0 Å². The van der Waals surface area contributed by atoms with E-state index in [9.17, 15) is 9.59 Å². The van der Waals surface area contributed by atoms with Gasteiger partial charge in [0.2, 0.25) is 0 Å². The number of hydrazine groups is 1. The molecule has 4 aromatic rings. The number of nitrogens with one attached hydrogen (secondary N) is 2. The van der Waals surface area contributed by atoms with Crippen molar-refractivity contribution in [3.63, 3.8) is 0 Å². The standard InChI is InChI=1S/C22H19BrN4O2S/c1-2-13-27-17-6-4-3-5-16(17)24-20(27)18-11-12-19(30-18)22(29)26-25-21(28)14-7-9-15(23)10-8-14/h3-12H,2,13H2,1H3,(H,25,28)(H,26,29). The molecule has 0 aliphatic carbocycles. The molecule has 0 aliphatic heterocycles. The van der Waals surface area contributed by atoms with E-state index >= 15 is 0 Å². The number of aryl methyl sites for hydroxylation is 1. The summed E-state index contributed by atoms with van der Waals surface area (Å²) in [5.74, 6) is 0.105. The quantitative estimate of drug-likeness (QED) is 0.392. The summed E-state index contributed by atoms with van der Waals surface area (Å²) >= 11 is 4.67. The largest absolute Gasteiger partial charge is 0.323 e. The highest BCUT2D eigenvalue weighted by Gasteiger charge is 2.17. The van der Waals surface area contributed by atoms with Gasteiger partial charge in [-0.15, -0.1) is 11.3 Å². The topological polar surface area (TPSA) is 76.0 Å². The van der Waals surface area contributed by atoms with Gasteiger partial charge in [-0.05, 0) is 55.0 Å². The molecule has 6 nitrogen and oxygen atoms in total. The molecular formula is C22H19BrN4O2S. The lowest BCUT2D eigenvalue weighted by molar-refractivity contribution is 0.0849. The molecule has 152 valence electrons. The fraction of sp³-hybridized carbons (Fsp3) is 0.136. The SMILES string of the molecule is CCCn1c(-c2ccc(C(=O)NNC(=O)c3ccc(Br)cc3)s2)nc2ccccc21. The van der Waals surface area contributed by atoms with Gasteiger partial charge in [0.15, 0.2) is 5.82 Å². The third-order valence-corrected chi connectivity index (χ3v) is 6.16. The first kappa shape index (κ1) is 20.3. The van der Waals surface area contributed by atoms with Gasteiger partial charge < -0.3 is 4.57 Å². The van der Waals surface area contributed by atoms with Crippen molar-refractivity contribution in [2.24, 2.45) is 0 Å². The van der Waals surface area contributed by atoms with Crippen LogP contribution in [0.2, 0.25) is 0 Å². The van der Waals surface area contributed by atoms with Gasteiger partial charge in [0.1, 0.15) is 0 Å². The molecule has 0 saturated heterocycles. The van der Waals surface area contributed by atoms with E-state index in [1.807, 2.05) is 24.3 Å². The zero-order valence-electron chi connectivity index (χ0n) is 16.2. The van der Waals surface area contributed by atoms with Crippen molar-refractivity contribution in [1.29, 1.82) is 0 Å². The monoisotopic (exact) mass is 482 g/mol. The summed E-state index contributed by atoms with van der Waals surface area (Å²) in [6.45, 7) is 2.97. The summed E-state index contributed by atoms with van der Waals surface area (Å²) in [6, 6.07) is 18.5. The summed E-state index contributed by atoms with van der Waals surface area (Å²) < 4.78 is 3.06. The Labute approximate surface area is 186 Å². The van der Waals surface area contributed by atoms with E-state index in [1.165, 1.54) is 11.3 Å². The molecule has 0 saturated carbocycles. The van der Waals surface area contributed by atoms with Gasteiger partial charge in [-0.1, -0.05) is 35.0 Å². The number of carbonyl (C=O) groups excluding carboxylic acids is 2. The number of hydrogen-bond donors (Lipinski definition) is 2. The Hall–Kier alpha value is -2.97. The average Bonchev–Trinajstić information content (AvgIpc) is 3.38. The lowest BCUT2D eigenvalue weighted by atomic mass is 10.2. The van der Waals surface area contributed by atoms with Crippen molar-refractivity contribution >= 4 is 50.1 Å². The Balaban J connectivity index is 1.51. The minimum absolute atomic E-state index is 0.366. The summed E-state index contributed by atoms with van der Waals surface area (Å²) in [7, 11) is 0. The van der Waals surface area contributed by atoms with Crippen molar-refractivity contribution in [2.75, 3.05) is 0 Å². The molecule has 0 fully saturated rings. The Morgan fingerprint density at radius 2 is 1.73 bits per heavy atom. The van der Waals surface area contributed by atoms with Gasteiger partial charge in [-0.3, -0.25) is 20.4 Å². The maximum Gasteiger partial charge on any atom is 0.279 e. The van der Waals surface area contributed by atoms with Crippen molar-refractivity contribution < 1.29 is 9.59 Å². The van der Waals surface area contributed by atoms with Crippen LogP contribution in [0.1, 0.15) is 33.4 Å². The molecule has 0 radical (unpaired) electrons. The molecule has 2 N–H and O–H groups in total. The molecule has 2 aromatic carbocycles. The van der Waals surface area contributed by atoms with Crippen molar-refractivity contribution in [1.82, 2.24) is 20.4 Å². The molecule has 0 atom stereocenters. The second-order valence-corrected chi connectivity index (χ2v) is 8.65. The number of hydrogen-bond acceptors (Lipinski definition) is 4. The van der Waals surface area contributed by atoms with Gasteiger partial charge in [-0.2, -0.15) is 0 Å². The number of amides is 2. The highest BCUT2D eigenvalue weighted by atomic mass is 79.9. The minimum atomic E-state index is -0.377. The lowest BCUT2D eigenvalue weighted by Gasteiger charge is -2.07. The van der Waals surface area contributed by atoms with Crippen molar-refractivity contribution in [3.8, 4) is 10.7 Å². The Morgan fingerprint density at radius 1 is 1.00 bits per heavy atom. The van der Waals surface area contributed by atoms with Crippen LogP contribution in [0.3, 0.4) is 0 Å². The Bertz CT molecular complexity index is 1210. The zero-order chi connectivity index (χ0) is 21.1. The maximum atomic E-state index is 12.5. The number of halogens is 1. The van der Waals surface area contributed by atoms with Crippen LogP contribution >= 0.6 is 27.3 Å². The highest BCUT2D eigenvalue weighted by Crippen LogP contribution is 2.30. The highest BCUT2D eigenvalue weighted by molar-refractivity contribution is 9.10. The second-order valence-electron chi connectivity index (χ2n) is 6.65. The summed E-state index contributed by atoms with van der Waals surface area (Å²) in [6.07, 6.45) is 0.980. The lowest BCUT2D eigenvalue weighted by Crippen LogP contribution is -2.41. The number of nitrogens with zero attached hydrogens (tertiary/aromatic N) is 2. The first-order valence-electron chi connectivity index (χ1n) is 9.48. The molecule has 4 rings (SSSR count). The number of para-hydroxylation sites is 2. The predicted molar refractivity (Wildman–Crippen MR) is 122 cm³/mol. The molecule has 0 unspecified atom stereocenters. The van der Waals surface area contributed by atoms with Gasteiger partial charge in [0.25, 0.3) is 11.8 Å². The summed E-state index contributed by atoms with van der Waals surface area (Å²) in [4.78, 5) is 30.9. The normalized spacial score (nSPS) is 10.9. The number of rotatable bonds is 5. The van der Waals surface area contributed by atoms with Crippen LogP contribution in [0.15, 0.2) is 65.1 Å². The minimum Gasteiger partial charge on any atom is -0.323 e. The molecule has 8 heteroatoms. The molecular weight excluding hydrogens is 464 g/mol. The van der Waals surface area contributed by atoms with E-state index in [-0.39, 0.29) is 11.8 Å². The number of carbonyl (C=O) groups is 2. The number of fused-ring (bicyclic) bond motifs is 1. The van der Waals surface area contributed by atoms with Gasteiger partial charge in [-0.25, -0.2) is 4.98 Å². The van der Waals surface area contributed by atoms with E-state index in [1.54, 1.807) is 30.3 Å². The first-order chi connectivity index (χ1) is 14.6. The smallest absolute Gasteiger partial charge is 0.279 e. The molecule has 0 bridgehead atoms. The van der Waals surface area contributed by atoms with E-state index in [4.69, 9.17) is 4.98 Å². The fourth-order valence-corrected chi connectivity index (χ4v) is 4.31. The van der Waals surface area contributed by atoms with Gasteiger partial charge in [0.05, 0.1) is 20.8 Å². The van der Waals surface area contributed by atoms with Crippen LogP contribution in [0.4, 0.5) is 0 Å². The number of benzene rings is 2. The van der Waals surface area contributed by atoms with Crippen molar-refractivity contribution in [2.45, 2.75) is 19.9 Å². The predicted octanol–water partition coefficient (Wildman–Crippen LogP) is 5.01. The zero-order valence-corrected chi connectivity index (χ0v) is 18.6. The third kappa shape index (κ3) is 4.15. The van der Waals surface area contributed by atoms with Crippen LogP contribution < -0.4 is 10.9 Å². The summed E-state index contributed by atoms with van der Waals surface area (Å²) in [5.41, 5.74) is 7.40. The van der Waals surface area contributed by atoms with Crippen LogP contribution in [0.25, 0.3) is 21.7 Å². The van der Waals surface area contributed by atoms with Crippen LogP contribution in [0.5, 0.6) is 0 Å².